The third-order valence-corrected chi connectivity index (χ3v) is 8.90. The number of aromatic nitrogens is 2. The van der Waals surface area contributed by atoms with Gasteiger partial charge in [-0.1, -0.05) is 6.42 Å². The second-order valence-corrected chi connectivity index (χ2v) is 11.2. The van der Waals surface area contributed by atoms with Crippen LogP contribution < -0.4 is 25.0 Å². The average molecular weight is 525 g/mol. The van der Waals surface area contributed by atoms with E-state index in [2.05, 4.69) is 9.88 Å². The number of nitrogens with zero attached hydrogens (tertiary/aromatic N) is 5. The summed E-state index contributed by atoms with van der Waals surface area (Å²) in [5.74, 6) is 1.25. The number of anilines is 3. The smallest absolute Gasteiger partial charge is 0.257 e. The predicted molar refractivity (Wildman–Crippen MR) is 145 cm³/mol. The van der Waals surface area contributed by atoms with Gasteiger partial charge in [0.25, 0.3) is 5.56 Å². The van der Waals surface area contributed by atoms with Crippen LogP contribution in [0.4, 0.5) is 21.8 Å². The largest absolute Gasteiger partial charge is 0.492 e. The molecule has 2 saturated heterocycles. The summed E-state index contributed by atoms with van der Waals surface area (Å²) in [5.41, 5.74) is 0.784. The lowest BCUT2D eigenvalue weighted by molar-refractivity contribution is -0.123. The molecule has 0 bridgehead atoms. The number of piperidine rings is 2. The van der Waals surface area contributed by atoms with Crippen molar-refractivity contribution in [2.24, 2.45) is 0 Å². The molecular weight excluding hydrogens is 487 g/mol. The van der Waals surface area contributed by atoms with E-state index in [1.165, 1.54) is 25.3 Å². The number of nitrogens with one attached hydrogen (secondary N) is 1. The number of ether oxygens (including phenoxy) is 1. The number of amides is 1. The summed E-state index contributed by atoms with van der Waals surface area (Å²) in [6, 6.07) is 3.25. The minimum Gasteiger partial charge on any atom is -0.492 e. The van der Waals surface area contributed by atoms with Gasteiger partial charge in [-0.25, -0.2) is 4.39 Å². The lowest BCUT2D eigenvalue weighted by Crippen LogP contribution is -2.49. The first kappa shape index (κ1) is 25.2. The molecule has 1 spiro atoms. The maximum Gasteiger partial charge on any atom is 0.257 e. The van der Waals surface area contributed by atoms with Crippen LogP contribution in [0.5, 0.6) is 5.75 Å². The molecule has 9 nitrogen and oxygen atoms in total. The zero-order valence-corrected chi connectivity index (χ0v) is 22.4. The van der Waals surface area contributed by atoms with Crippen molar-refractivity contribution in [3.05, 3.63) is 39.4 Å². The van der Waals surface area contributed by atoms with Gasteiger partial charge in [0.05, 0.1) is 16.7 Å². The second kappa shape index (κ2) is 9.87. The highest BCUT2D eigenvalue weighted by molar-refractivity contribution is 6.08. The average Bonchev–Trinajstić information content (AvgIpc) is 3.12. The molecule has 2 aromatic rings. The highest BCUT2D eigenvalue weighted by Gasteiger charge is 2.53. The van der Waals surface area contributed by atoms with Gasteiger partial charge in [0, 0.05) is 58.0 Å². The number of carbonyl (C=O) groups is 1. The van der Waals surface area contributed by atoms with E-state index in [0.717, 1.165) is 50.4 Å². The fraction of sp³-hybridized carbons (Fsp3) is 0.607. The van der Waals surface area contributed by atoms with Crippen molar-refractivity contribution < 1.29 is 13.9 Å². The van der Waals surface area contributed by atoms with Gasteiger partial charge in [0.15, 0.2) is 0 Å². The molecule has 4 aliphatic heterocycles. The molecule has 0 atom stereocenters. The normalized spacial score (nSPS) is 21.1. The van der Waals surface area contributed by atoms with Gasteiger partial charge in [-0.15, -0.1) is 0 Å². The maximum absolute atomic E-state index is 15.7. The van der Waals surface area contributed by atoms with E-state index in [1.54, 1.807) is 11.9 Å². The first-order chi connectivity index (χ1) is 18.4. The Morgan fingerprint density at radius 3 is 2.55 bits per heavy atom. The van der Waals surface area contributed by atoms with E-state index >= 15 is 4.39 Å². The number of benzene rings is 1. The van der Waals surface area contributed by atoms with E-state index in [-0.39, 0.29) is 17.3 Å². The zero-order chi connectivity index (χ0) is 26.4. The summed E-state index contributed by atoms with van der Waals surface area (Å²) in [6.45, 7) is 5.36. The van der Waals surface area contributed by atoms with Crippen molar-refractivity contribution in [2.45, 2.75) is 50.4 Å². The van der Waals surface area contributed by atoms with Gasteiger partial charge in [-0.2, -0.15) is 4.98 Å². The predicted octanol–water partition coefficient (Wildman–Crippen LogP) is 2.67. The summed E-state index contributed by atoms with van der Waals surface area (Å²) in [6.07, 6.45) is 6.28. The van der Waals surface area contributed by atoms with Crippen LogP contribution in [-0.2, 0) is 16.6 Å². The van der Waals surface area contributed by atoms with Crippen molar-refractivity contribution in [2.75, 3.05) is 74.7 Å². The number of hydrogen-bond donors (Lipinski definition) is 1. The Morgan fingerprint density at radius 1 is 1.03 bits per heavy atom. The zero-order valence-electron chi connectivity index (χ0n) is 22.4. The summed E-state index contributed by atoms with van der Waals surface area (Å²) in [7, 11) is 3.68. The highest BCUT2D eigenvalue weighted by atomic mass is 19.1. The van der Waals surface area contributed by atoms with Gasteiger partial charge in [-0.3, -0.25) is 19.5 Å². The van der Waals surface area contributed by atoms with Crippen LogP contribution in [0.25, 0.3) is 0 Å². The van der Waals surface area contributed by atoms with Crippen LogP contribution in [0.15, 0.2) is 16.9 Å². The minimum atomic E-state index is -0.914. The summed E-state index contributed by atoms with van der Waals surface area (Å²) >= 11 is 0. The molecule has 0 saturated carbocycles. The third-order valence-electron chi connectivity index (χ3n) is 8.90. The first-order valence-corrected chi connectivity index (χ1v) is 13.9. The Labute approximate surface area is 222 Å². The number of carbonyl (C=O) groups excluding carboxylic acids is 1. The van der Waals surface area contributed by atoms with E-state index in [1.807, 2.05) is 22.9 Å². The number of fused-ring (bicyclic) bond motifs is 3. The molecule has 6 rings (SSSR count). The molecule has 0 aliphatic carbocycles. The minimum absolute atomic E-state index is 0.0804. The Hall–Kier alpha value is -3.14. The molecule has 0 radical (unpaired) electrons. The molecule has 2 fully saturated rings. The molecule has 204 valence electrons. The Balaban J connectivity index is 1.19. The van der Waals surface area contributed by atoms with Gasteiger partial charge < -0.3 is 19.4 Å². The number of rotatable bonds is 5. The maximum atomic E-state index is 15.7. The Morgan fingerprint density at radius 2 is 1.79 bits per heavy atom. The molecule has 1 amide bonds. The van der Waals surface area contributed by atoms with Crippen molar-refractivity contribution in [1.82, 2.24) is 14.9 Å². The van der Waals surface area contributed by atoms with Crippen molar-refractivity contribution in [1.29, 1.82) is 0 Å². The summed E-state index contributed by atoms with van der Waals surface area (Å²) in [5, 5.41) is 0. The van der Waals surface area contributed by atoms with Crippen molar-refractivity contribution >= 4 is 23.4 Å². The number of likely N-dealkylation sites (tertiary alicyclic amines) is 1. The standard InChI is InChI=1S/C28H37FN6O3/c1-32-10-6-7-20-24(32)30-27(31-25(20)36)35-13-8-28(9-14-35)23-21(29)17-19(18-22(23)33(2)26(28)37)38-16-15-34-11-4-3-5-12-34/h17-18H,3-16H2,1-2H3,(H,30,31,36). The van der Waals surface area contributed by atoms with Crippen LogP contribution in [-0.4, -0.2) is 80.7 Å². The molecule has 1 N–H and O–H groups in total. The summed E-state index contributed by atoms with van der Waals surface area (Å²) < 4.78 is 21.6. The molecular formula is C28H37FN6O3. The quantitative estimate of drug-likeness (QED) is 0.644. The van der Waals surface area contributed by atoms with E-state index < -0.39 is 5.41 Å². The van der Waals surface area contributed by atoms with E-state index in [4.69, 9.17) is 9.72 Å². The number of H-pyrrole nitrogens is 1. The van der Waals surface area contributed by atoms with Gasteiger partial charge in [0.1, 0.15) is 24.0 Å². The fourth-order valence-electron chi connectivity index (χ4n) is 6.73. The van der Waals surface area contributed by atoms with Gasteiger partial charge in [-0.05, 0) is 51.6 Å². The SMILES string of the molecule is CN1CCCc2c1nc(N1CCC3(CC1)C(=O)N(C)c1cc(OCCN4CCCCC4)cc(F)c13)[nH]c2=O. The van der Waals surface area contributed by atoms with Crippen LogP contribution in [0.3, 0.4) is 0 Å². The number of halogens is 1. The molecule has 5 heterocycles. The number of aromatic amines is 1. The first-order valence-electron chi connectivity index (χ1n) is 13.9. The van der Waals surface area contributed by atoms with Crippen LogP contribution >= 0.6 is 0 Å². The Bertz CT molecular complexity index is 1280. The molecule has 1 aromatic heterocycles. The van der Waals surface area contributed by atoms with Crippen LogP contribution in [0.2, 0.25) is 0 Å². The number of likely N-dealkylation sites (N-methyl/N-ethyl adjacent to an activating group) is 1. The lowest BCUT2D eigenvalue weighted by atomic mass is 9.73. The monoisotopic (exact) mass is 524 g/mol. The van der Waals surface area contributed by atoms with Gasteiger partial charge in [0.2, 0.25) is 11.9 Å². The van der Waals surface area contributed by atoms with Crippen molar-refractivity contribution in [3.8, 4) is 5.75 Å². The van der Waals surface area contributed by atoms with E-state index in [0.29, 0.717) is 55.5 Å². The Kier molecular flexibility index (Phi) is 6.53. The molecule has 10 heteroatoms. The summed E-state index contributed by atoms with van der Waals surface area (Å²) in [4.78, 5) is 42.0. The topological polar surface area (TPSA) is 85.0 Å². The molecule has 1 aromatic carbocycles. The van der Waals surface area contributed by atoms with E-state index in [9.17, 15) is 9.59 Å². The molecule has 38 heavy (non-hydrogen) atoms. The fourth-order valence-corrected chi connectivity index (χ4v) is 6.73. The lowest BCUT2D eigenvalue weighted by Gasteiger charge is -2.39. The van der Waals surface area contributed by atoms with Crippen molar-refractivity contribution in [3.63, 3.8) is 0 Å². The highest BCUT2D eigenvalue weighted by Crippen LogP contribution is 2.50. The van der Waals surface area contributed by atoms with Crippen LogP contribution in [0.1, 0.15) is 49.7 Å². The number of hydrogen-bond acceptors (Lipinski definition) is 7. The molecule has 0 unspecified atom stereocenters. The third kappa shape index (κ3) is 4.22. The van der Waals surface area contributed by atoms with Gasteiger partial charge >= 0.3 is 0 Å². The second-order valence-electron chi connectivity index (χ2n) is 11.2. The van der Waals surface area contributed by atoms with Crippen LogP contribution in [0, 0.1) is 5.82 Å². The molecule has 4 aliphatic rings.